The molecular weight excluding hydrogens is 1020 g/mol. The molecule has 5 amide bonds. The molecule has 6 aromatic rings. The van der Waals surface area contributed by atoms with Gasteiger partial charge in [-0.3, -0.25) is 24.2 Å². The number of carbonyl (C=O) groups is 6. The molecule has 2 aliphatic heterocycles. The number of aromatic nitrogens is 6. The van der Waals surface area contributed by atoms with Crippen molar-refractivity contribution in [3.8, 4) is 22.5 Å². The van der Waals surface area contributed by atoms with Crippen LogP contribution in [0.5, 0.6) is 0 Å². The maximum Gasteiger partial charge on any atom is 0.410 e. The molecule has 2 saturated heterocycles. The molecule has 2 aromatic carbocycles. The number of hydrogen-bond acceptors (Lipinski definition) is 14. The van der Waals surface area contributed by atoms with Crippen molar-refractivity contribution >= 4 is 47.5 Å². The Bertz CT molecular complexity index is 3030. The average Bonchev–Trinajstić information content (AvgIpc) is 3.95. The molecule has 0 bridgehead atoms. The number of rotatable bonds is 12. The number of benzene rings is 2. The number of primary amides is 1. The van der Waals surface area contributed by atoms with Crippen LogP contribution in [-0.4, -0.2) is 104 Å². The normalized spacial score (nSPS) is 15.7. The van der Waals surface area contributed by atoms with Crippen LogP contribution in [-0.2, 0) is 9.47 Å². The van der Waals surface area contributed by atoms with Crippen LogP contribution in [0, 0.1) is 0 Å². The summed E-state index contributed by atoms with van der Waals surface area (Å²) < 4.78 is 13.4. The number of anilines is 2. The number of pyridine rings is 2. The number of aromatic carboxylic acids is 1. The zero-order chi connectivity index (χ0) is 58.4. The van der Waals surface area contributed by atoms with E-state index in [9.17, 15) is 33.9 Å². The van der Waals surface area contributed by atoms with Gasteiger partial charge < -0.3 is 42.6 Å². The van der Waals surface area contributed by atoms with Crippen molar-refractivity contribution in [3.05, 3.63) is 130 Å². The van der Waals surface area contributed by atoms with Crippen molar-refractivity contribution in [1.82, 2.24) is 39.1 Å². The van der Waals surface area contributed by atoms with Crippen molar-refractivity contribution in [3.63, 3.8) is 0 Å². The standard InChI is InChI=1S/C29H37N7O4.C29H36N6O5/c1-17(2)20-13-14-32-22(16-20)33-27(38)19-11-9-18(10-12-19)23-24(25(30)37)36(31)26(34-23)21-8-6-7-15-35(21)28(39)40-29(3,4)5;1-17(2)20-13-14-31-22(16-20)32-26(36)19-11-9-18(10-12-19)23-24(27(37)38)35(30)25(33-23)21-8-6-7-15-34(21)28(39)40-29(3,4)5/h9-14,16-17,21H,6-8,15,31H2,1-5H3,(H2,30,37)(H,32,33,38);9-14,16-17,21H,6-8,15,30H2,1-5H3,(H,37,38)(H,31,32,36)/t2*21-/m00/s1. The molecule has 424 valence electrons. The minimum absolute atomic E-state index is 0.0108. The number of piperidine rings is 2. The molecule has 2 fully saturated rings. The molecule has 0 saturated carbocycles. The van der Waals surface area contributed by atoms with E-state index < -0.39 is 47.3 Å². The fraction of sp³-hybridized carbons (Fsp3) is 0.414. The third-order valence-electron chi connectivity index (χ3n) is 13.4. The SMILES string of the molecule is CC(C)c1ccnc(NC(=O)c2ccc(-c3nc([C@@H]4CCCCN4C(=O)OC(C)(C)C)n(N)c3C(=O)O)cc2)c1.CC(C)c1ccnc(NC(=O)c2ccc(-c3nc([C@@H]4CCCCN4C(=O)OC(C)(C)C)n(N)c3C(N)=O)cc2)c1. The predicted molar refractivity (Wildman–Crippen MR) is 303 cm³/mol. The molecule has 80 heavy (non-hydrogen) atoms. The second kappa shape index (κ2) is 24.5. The average molecular weight is 1100 g/mol. The fourth-order valence-electron chi connectivity index (χ4n) is 9.38. The van der Waals surface area contributed by atoms with Crippen LogP contribution in [0.1, 0.15) is 196 Å². The number of imidazole rings is 2. The van der Waals surface area contributed by atoms with Gasteiger partial charge in [-0.25, -0.2) is 43.7 Å². The van der Waals surface area contributed by atoms with E-state index in [1.54, 1.807) is 112 Å². The molecule has 2 atom stereocenters. The number of ether oxygens (including phenoxy) is 2. The number of hydrogen-bond donors (Lipinski definition) is 6. The molecule has 0 aliphatic carbocycles. The summed E-state index contributed by atoms with van der Waals surface area (Å²) in [6.45, 7) is 20.0. The predicted octanol–water partition coefficient (Wildman–Crippen LogP) is 9.79. The van der Waals surface area contributed by atoms with Crippen LogP contribution in [0.4, 0.5) is 21.2 Å². The summed E-state index contributed by atoms with van der Waals surface area (Å²) in [6, 6.07) is 19.5. The number of amides is 5. The summed E-state index contributed by atoms with van der Waals surface area (Å²) >= 11 is 0. The Morgan fingerprint density at radius 3 is 1.31 bits per heavy atom. The van der Waals surface area contributed by atoms with Crippen molar-refractivity contribution in [1.29, 1.82) is 0 Å². The zero-order valence-corrected chi connectivity index (χ0v) is 47.1. The van der Waals surface area contributed by atoms with Gasteiger partial charge in [0, 0.05) is 47.7 Å². The number of carbonyl (C=O) groups excluding carboxylic acids is 5. The molecule has 2 aliphatic rings. The maximum absolute atomic E-state index is 13.0. The minimum Gasteiger partial charge on any atom is -0.476 e. The number of carboxylic acid groups (broad SMARTS) is 1. The van der Waals surface area contributed by atoms with Gasteiger partial charge in [-0.05, 0) is 152 Å². The van der Waals surface area contributed by atoms with E-state index >= 15 is 0 Å². The Labute approximate surface area is 465 Å². The lowest BCUT2D eigenvalue weighted by atomic mass is 10.0. The molecule has 8 rings (SSSR count). The van der Waals surface area contributed by atoms with E-state index in [2.05, 4.69) is 53.3 Å². The topological polar surface area (TPSA) is 311 Å². The first-order chi connectivity index (χ1) is 37.7. The molecule has 22 heteroatoms. The Morgan fingerprint density at radius 2 is 0.963 bits per heavy atom. The maximum atomic E-state index is 13.0. The Kier molecular flexibility index (Phi) is 18.0. The van der Waals surface area contributed by atoms with Gasteiger partial charge >= 0.3 is 18.2 Å². The third kappa shape index (κ3) is 14.1. The Hall–Kier alpha value is -8.82. The highest BCUT2D eigenvalue weighted by Gasteiger charge is 2.38. The summed E-state index contributed by atoms with van der Waals surface area (Å²) in [7, 11) is 0. The van der Waals surface area contributed by atoms with E-state index in [0.29, 0.717) is 77.5 Å². The quantitative estimate of drug-likeness (QED) is 0.0621. The highest BCUT2D eigenvalue weighted by molar-refractivity contribution is 6.05. The number of likely N-dealkylation sites (tertiary alicyclic amines) is 2. The number of nitrogens with two attached hydrogens (primary N) is 3. The summed E-state index contributed by atoms with van der Waals surface area (Å²) in [4.78, 5) is 97.3. The lowest BCUT2D eigenvalue weighted by Gasteiger charge is -2.36. The molecule has 6 heterocycles. The van der Waals surface area contributed by atoms with Crippen molar-refractivity contribution in [2.24, 2.45) is 5.73 Å². The number of nitrogen functional groups attached to an aromatic ring is 2. The second-order valence-corrected chi connectivity index (χ2v) is 22.4. The molecule has 4 aromatic heterocycles. The minimum atomic E-state index is -1.26. The van der Waals surface area contributed by atoms with Crippen LogP contribution in [0.25, 0.3) is 22.5 Å². The van der Waals surface area contributed by atoms with Crippen molar-refractivity contribution in [2.75, 3.05) is 35.4 Å². The highest BCUT2D eigenvalue weighted by Crippen LogP contribution is 2.37. The van der Waals surface area contributed by atoms with Crippen LogP contribution in [0.15, 0.2) is 85.2 Å². The van der Waals surface area contributed by atoms with E-state index in [1.807, 2.05) is 24.3 Å². The summed E-state index contributed by atoms with van der Waals surface area (Å²) in [6.07, 6.45) is 6.82. The van der Waals surface area contributed by atoms with E-state index in [0.717, 1.165) is 41.5 Å². The number of nitrogens with one attached hydrogen (secondary N) is 2. The van der Waals surface area contributed by atoms with Crippen LogP contribution in [0.3, 0.4) is 0 Å². The molecule has 0 radical (unpaired) electrons. The zero-order valence-electron chi connectivity index (χ0n) is 47.1. The van der Waals surface area contributed by atoms with Gasteiger partial charge in [0.15, 0.2) is 23.0 Å². The molecule has 0 spiro atoms. The van der Waals surface area contributed by atoms with Crippen molar-refractivity contribution < 1.29 is 43.3 Å². The first-order valence-electron chi connectivity index (χ1n) is 26.7. The molecule has 9 N–H and O–H groups in total. The fourth-order valence-corrected chi connectivity index (χ4v) is 9.38. The van der Waals surface area contributed by atoms with E-state index in [1.165, 1.54) is 4.68 Å². The van der Waals surface area contributed by atoms with Gasteiger partial charge in [-0.2, -0.15) is 0 Å². The first kappa shape index (κ1) is 58.9. The largest absolute Gasteiger partial charge is 0.476 e. The number of nitrogens with zero attached hydrogens (tertiary/aromatic N) is 8. The lowest BCUT2D eigenvalue weighted by Crippen LogP contribution is -2.43. The first-order valence-corrected chi connectivity index (χ1v) is 26.7. The van der Waals surface area contributed by atoms with Crippen molar-refractivity contribution in [2.45, 2.75) is 143 Å². The van der Waals surface area contributed by atoms with Gasteiger partial charge in [0.1, 0.15) is 34.2 Å². The van der Waals surface area contributed by atoms with Crippen LogP contribution >= 0.6 is 0 Å². The monoisotopic (exact) mass is 1100 g/mol. The summed E-state index contributed by atoms with van der Waals surface area (Å²) in [5.41, 5.74) is 8.50. The highest BCUT2D eigenvalue weighted by atomic mass is 16.6. The summed E-state index contributed by atoms with van der Waals surface area (Å²) in [5.74, 6) is 12.1. The van der Waals surface area contributed by atoms with Gasteiger partial charge in [-0.15, -0.1) is 0 Å². The smallest absolute Gasteiger partial charge is 0.410 e. The van der Waals surface area contributed by atoms with E-state index in [-0.39, 0.29) is 40.4 Å². The van der Waals surface area contributed by atoms with Gasteiger partial charge in [0.25, 0.3) is 17.7 Å². The lowest BCUT2D eigenvalue weighted by molar-refractivity contribution is 0.00723. The van der Waals surface area contributed by atoms with Gasteiger partial charge in [-0.1, -0.05) is 52.0 Å². The molecular formula is C58H73N13O9. The Balaban J connectivity index is 0.000000231. The van der Waals surface area contributed by atoms with Crippen LogP contribution < -0.4 is 28.1 Å². The Morgan fingerprint density at radius 1 is 0.588 bits per heavy atom. The molecule has 0 unspecified atom stereocenters. The summed E-state index contributed by atoms with van der Waals surface area (Å²) in [5, 5.41) is 15.6. The van der Waals surface area contributed by atoms with Gasteiger partial charge in [0.05, 0.1) is 12.1 Å². The van der Waals surface area contributed by atoms with Crippen LogP contribution in [0.2, 0.25) is 0 Å². The van der Waals surface area contributed by atoms with E-state index in [4.69, 9.17) is 31.9 Å². The van der Waals surface area contributed by atoms with Gasteiger partial charge in [0.2, 0.25) is 0 Å². The molecule has 22 nitrogen and oxygen atoms in total. The number of carboxylic acids is 1. The third-order valence-corrected chi connectivity index (χ3v) is 13.4. The second-order valence-electron chi connectivity index (χ2n) is 22.4.